The van der Waals surface area contributed by atoms with Gasteiger partial charge in [0.25, 0.3) is 0 Å². The number of nitrogens with zero attached hydrogens (tertiary/aromatic N) is 2. The van der Waals surface area contributed by atoms with Crippen LogP contribution >= 0.6 is 0 Å². The fourth-order valence-corrected chi connectivity index (χ4v) is 3.08. The zero-order chi connectivity index (χ0) is 14.7. The van der Waals surface area contributed by atoms with Gasteiger partial charge in [-0.05, 0) is 11.1 Å². The highest BCUT2D eigenvalue weighted by Crippen LogP contribution is 2.30. The molecule has 4 heteroatoms. The number of benzene rings is 2. The molecule has 108 valence electrons. The molecule has 21 heavy (non-hydrogen) atoms. The predicted octanol–water partition coefficient (Wildman–Crippen LogP) is 2.93. The predicted molar refractivity (Wildman–Crippen MR) is 81.7 cm³/mol. The molecule has 4 nitrogen and oxygen atoms in total. The molecule has 0 amide bonds. The molecule has 1 fully saturated rings. The molecule has 0 N–H and O–H groups in total. The summed E-state index contributed by atoms with van der Waals surface area (Å²) in [4.78, 5) is 13.4. The zero-order valence-electron chi connectivity index (χ0n) is 11.8. The van der Waals surface area contributed by atoms with E-state index in [2.05, 4.69) is 17.0 Å². The summed E-state index contributed by atoms with van der Waals surface area (Å²) in [5.41, 5.74) is 2.27. The van der Waals surface area contributed by atoms with Crippen molar-refractivity contribution in [2.45, 2.75) is 18.5 Å². The Kier molecular flexibility index (Phi) is 3.97. The van der Waals surface area contributed by atoms with Crippen LogP contribution in [0.25, 0.3) is 0 Å². The van der Waals surface area contributed by atoms with Crippen LogP contribution in [-0.2, 0) is 6.54 Å². The molecule has 2 aromatic rings. The first-order valence-electron chi connectivity index (χ1n) is 7.19. The lowest BCUT2D eigenvalue weighted by atomic mass is 9.95. The maximum atomic E-state index is 11.4. The van der Waals surface area contributed by atoms with Gasteiger partial charge >= 0.3 is 0 Å². The normalized spacial score (nSPS) is 22.3. The summed E-state index contributed by atoms with van der Waals surface area (Å²) >= 11 is 0. The van der Waals surface area contributed by atoms with Crippen LogP contribution in [0, 0.1) is 10.1 Å². The van der Waals surface area contributed by atoms with E-state index in [1.165, 1.54) is 5.56 Å². The molecule has 1 heterocycles. The van der Waals surface area contributed by atoms with Gasteiger partial charge in [0.1, 0.15) is 0 Å². The van der Waals surface area contributed by atoms with Crippen molar-refractivity contribution in [1.82, 2.24) is 4.90 Å². The average Bonchev–Trinajstić information content (AvgIpc) is 2.93. The molecule has 0 saturated carbocycles. The lowest BCUT2D eigenvalue weighted by Gasteiger charge is -2.15. The summed E-state index contributed by atoms with van der Waals surface area (Å²) in [6.07, 6.45) is 0. The number of rotatable bonds is 4. The van der Waals surface area contributed by atoms with Crippen LogP contribution in [0.4, 0.5) is 0 Å². The number of hydrogen-bond donors (Lipinski definition) is 0. The Morgan fingerprint density at radius 3 is 2.24 bits per heavy atom. The smallest absolute Gasteiger partial charge is 0.233 e. The van der Waals surface area contributed by atoms with E-state index < -0.39 is 6.04 Å². The first kappa shape index (κ1) is 13.8. The maximum Gasteiger partial charge on any atom is 0.233 e. The van der Waals surface area contributed by atoms with Crippen molar-refractivity contribution >= 4 is 0 Å². The van der Waals surface area contributed by atoms with Crippen molar-refractivity contribution in [3.8, 4) is 0 Å². The van der Waals surface area contributed by atoms with Crippen molar-refractivity contribution in [3.05, 3.63) is 81.9 Å². The van der Waals surface area contributed by atoms with Crippen molar-refractivity contribution in [2.24, 2.45) is 0 Å². The second kappa shape index (κ2) is 6.06. The minimum atomic E-state index is -0.517. The third-order valence-corrected chi connectivity index (χ3v) is 4.11. The molecule has 2 atom stereocenters. The van der Waals surface area contributed by atoms with E-state index in [0.29, 0.717) is 6.54 Å². The van der Waals surface area contributed by atoms with Gasteiger partial charge in [-0.1, -0.05) is 60.7 Å². The average molecular weight is 282 g/mol. The standard InChI is InChI=1S/C17H18N2O2/c20-19(21)17-13-18(11-14-7-3-1-4-8-14)12-16(17)15-9-5-2-6-10-15/h1-10,16-17H,11-13H2/t16?,17-/m1/s1. The molecule has 1 unspecified atom stereocenters. The van der Waals surface area contributed by atoms with Gasteiger partial charge in [0.05, 0.1) is 12.5 Å². The quantitative estimate of drug-likeness (QED) is 0.640. The second-order valence-electron chi connectivity index (χ2n) is 5.55. The fraction of sp³-hybridized carbons (Fsp3) is 0.294. The minimum Gasteiger partial charge on any atom is -0.292 e. The molecule has 1 aliphatic heterocycles. The van der Waals surface area contributed by atoms with Gasteiger partial charge in [0.2, 0.25) is 6.04 Å². The van der Waals surface area contributed by atoms with E-state index in [1.54, 1.807) is 0 Å². The number of nitro groups is 1. The lowest BCUT2D eigenvalue weighted by Crippen LogP contribution is -2.28. The fourth-order valence-electron chi connectivity index (χ4n) is 3.08. The second-order valence-corrected chi connectivity index (χ2v) is 5.55. The molecule has 0 aliphatic carbocycles. The van der Waals surface area contributed by atoms with Gasteiger partial charge in [-0.25, -0.2) is 0 Å². The number of hydrogen-bond acceptors (Lipinski definition) is 3. The number of likely N-dealkylation sites (tertiary alicyclic amines) is 1. The van der Waals surface area contributed by atoms with E-state index in [0.717, 1.165) is 18.7 Å². The maximum absolute atomic E-state index is 11.4. The van der Waals surface area contributed by atoms with E-state index in [1.807, 2.05) is 48.5 Å². The summed E-state index contributed by atoms with van der Waals surface area (Å²) in [6, 6.07) is 19.4. The van der Waals surface area contributed by atoms with Gasteiger partial charge < -0.3 is 0 Å². The van der Waals surface area contributed by atoms with Crippen LogP contribution in [0.2, 0.25) is 0 Å². The Hall–Kier alpha value is -2.20. The first-order chi connectivity index (χ1) is 10.2. The van der Waals surface area contributed by atoms with Crippen LogP contribution in [0.15, 0.2) is 60.7 Å². The van der Waals surface area contributed by atoms with Gasteiger partial charge in [-0.15, -0.1) is 0 Å². The summed E-state index contributed by atoms with van der Waals surface area (Å²) in [5, 5.41) is 11.4. The molecule has 2 aromatic carbocycles. The molecule has 1 saturated heterocycles. The third-order valence-electron chi connectivity index (χ3n) is 4.11. The van der Waals surface area contributed by atoms with Crippen molar-refractivity contribution in [3.63, 3.8) is 0 Å². The molecule has 0 aromatic heterocycles. The summed E-state index contributed by atoms with van der Waals surface area (Å²) in [5.74, 6) is -0.0232. The van der Waals surface area contributed by atoms with E-state index in [9.17, 15) is 10.1 Å². The molecular formula is C17H18N2O2. The summed E-state index contributed by atoms with van der Waals surface area (Å²) in [6.45, 7) is 2.03. The van der Waals surface area contributed by atoms with Crippen molar-refractivity contribution < 1.29 is 4.92 Å². The van der Waals surface area contributed by atoms with Crippen LogP contribution < -0.4 is 0 Å². The van der Waals surface area contributed by atoms with E-state index in [-0.39, 0.29) is 10.8 Å². The van der Waals surface area contributed by atoms with Gasteiger partial charge in [0, 0.05) is 18.0 Å². The topological polar surface area (TPSA) is 46.4 Å². The highest BCUT2D eigenvalue weighted by atomic mass is 16.6. The van der Waals surface area contributed by atoms with E-state index >= 15 is 0 Å². The summed E-state index contributed by atoms with van der Waals surface area (Å²) < 4.78 is 0. The van der Waals surface area contributed by atoms with Crippen molar-refractivity contribution in [2.75, 3.05) is 13.1 Å². The minimum absolute atomic E-state index is 0.0232. The Bertz CT molecular complexity index is 601. The van der Waals surface area contributed by atoms with Gasteiger partial charge in [0.15, 0.2) is 0 Å². The molecule has 1 aliphatic rings. The van der Waals surface area contributed by atoms with Crippen LogP contribution in [0.1, 0.15) is 17.0 Å². The van der Waals surface area contributed by atoms with Crippen LogP contribution in [0.5, 0.6) is 0 Å². The van der Waals surface area contributed by atoms with Gasteiger partial charge in [-0.2, -0.15) is 0 Å². The van der Waals surface area contributed by atoms with Crippen LogP contribution in [0.3, 0.4) is 0 Å². The Balaban J connectivity index is 1.77. The third kappa shape index (κ3) is 3.11. The Morgan fingerprint density at radius 1 is 1.00 bits per heavy atom. The molecule has 0 spiro atoms. The molecular weight excluding hydrogens is 264 g/mol. The van der Waals surface area contributed by atoms with Gasteiger partial charge in [-0.3, -0.25) is 15.0 Å². The molecule has 0 bridgehead atoms. The lowest BCUT2D eigenvalue weighted by molar-refractivity contribution is -0.521. The largest absolute Gasteiger partial charge is 0.292 e. The summed E-state index contributed by atoms with van der Waals surface area (Å²) in [7, 11) is 0. The Morgan fingerprint density at radius 2 is 1.62 bits per heavy atom. The Labute approximate surface area is 124 Å². The zero-order valence-corrected chi connectivity index (χ0v) is 11.8. The molecule has 0 radical (unpaired) electrons. The molecule has 3 rings (SSSR count). The SMILES string of the molecule is O=[N+]([O-])[C@@H]1CN(Cc2ccccc2)CC1c1ccccc1. The highest BCUT2D eigenvalue weighted by Gasteiger charge is 2.41. The highest BCUT2D eigenvalue weighted by molar-refractivity contribution is 5.23. The first-order valence-corrected chi connectivity index (χ1v) is 7.19. The monoisotopic (exact) mass is 282 g/mol. The van der Waals surface area contributed by atoms with Crippen LogP contribution in [-0.4, -0.2) is 29.0 Å². The van der Waals surface area contributed by atoms with E-state index in [4.69, 9.17) is 0 Å². The van der Waals surface area contributed by atoms with Crippen molar-refractivity contribution in [1.29, 1.82) is 0 Å².